The van der Waals surface area contributed by atoms with Crippen LogP contribution in [0.1, 0.15) is 24.2 Å². The van der Waals surface area contributed by atoms with Gasteiger partial charge in [0.2, 0.25) is 0 Å². The molecule has 1 aromatic rings. The number of aliphatic carboxylic acids is 1. The van der Waals surface area contributed by atoms with Crippen LogP contribution in [0.4, 0.5) is 0 Å². The van der Waals surface area contributed by atoms with Gasteiger partial charge in [0.1, 0.15) is 0 Å². The van der Waals surface area contributed by atoms with Crippen LogP contribution in [0.5, 0.6) is 0 Å². The Morgan fingerprint density at radius 1 is 1.59 bits per heavy atom. The maximum atomic E-state index is 11.8. The lowest BCUT2D eigenvalue weighted by Gasteiger charge is -2.24. The second kappa shape index (κ2) is 4.29. The zero-order chi connectivity index (χ0) is 12.6. The van der Waals surface area contributed by atoms with Crippen molar-refractivity contribution in [3.05, 3.63) is 27.7 Å². The van der Waals surface area contributed by atoms with Gasteiger partial charge in [-0.1, -0.05) is 0 Å². The summed E-state index contributed by atoms with van der Waals surface area (Å²) < 4.78 is 1.05. The maximum Gasteiger partial charge on any atom is 0.328 e. The van der Waals surface area contributed by atoms with Crippen LogP contribution in [0.25, 0.3) is 0 Å². The fraction of sp³-hybridized carbons (Fsp3) is 0.545. The molecule has 0 spiro atoms. The van der Waals surface area contributed by atoms with E-state index in [0.29, 0.717) is 6.54 Å². The fourth-order valence-corrected chi connectivity index (χ4v) is 1.94. The van der Waals surface area contributed by atoms with E-state index in [0.717, 1.165) is 28.9 Å². The Balaban J connectivity index is 2.45. The van der Waals surface area contributed by atoms with Gasteiger partial charge in [0.05, 0.1) is 5.69 Å². The van der Waals surface area contributed by atoms with Crippen molar-refractivity contribution in [2.75, 3.05) is 13.6 Å². The first-order valence-electron chi connectivity index (χ1n) is 5.52. The predicted octanol–water partition coefficient (Wildman–Crippen LogP) is -0.123. The number of nitrogens with zero attached hydrogens (tertiary/aromatic N) is 3. The highest BCUT2D eigenvalue weighted by atomic mass is 16.4. The Kier molecular flexibility index (Phi) is 2.97. The topological polar surface area (TPSA) is 75.4 Å². The molecule has 0 aromatic carbocycles. The molecule has 1 atom stereocenters. The normalized spacial score (nSPS) is 17.5. The van der Waals surface area contributed by atoms with E-state index in [1.54, 1.807) is 0 Å². The first kappa shape index (κ1) is 11.8. The van der Waals surface area contributed by atoms with E-state index in [1.165, 1.54) is 13.0 Å². The molecule has 0 saturated heterocycles. The van der Waals surface area contributed by atoms with E-state index >= 15 is 0 Å². The molecule has 0 radical (unpaired) electrons. The number of likely N-dealkylation sites (N-methyl/N-ethyl adjacent to an activating group) is 1. The highest BCUT2D eigenvalue weighted by Gasteiger charge is 2.21. The Morgan fingerprint density at radius 3 is 2.94 bits per heavy atom. The molecule has 0 aliphatic carbocycles. The molecule has 1 aliphatic heterocycles. The number of fused-ring (bicyclic) bond motifs is 1. The minimum absolute atomic E-state index is 0.353. The summed E-state index contributed by atoms with van der Waals surface area (Å²) >= 11 is 0. The second-order valence-electron chi connectivity index (χ2n) is 4.40. The van der Waals surface area contributed by atoms with Crippen LogP contribution in [-0.4, -0.2) is 39.3 Å². The molecule has 0 amide bonds. The lowest BCUT2D eigenvalue weighted by Crippen LogP contribution is -2.35. The summed E-state index contributed by atoms with van der Waals surface area (Å²) in [5.74, 6) is -1.05. The van der Waals surface area contributed by atoms with Gasteiger partial charge in [-0.25, -0.2) is 9.48 Å². The number of hydrogen-bond acceptors (Lipinski definition) is 4. The van der Waals surface area contributed by atoms with E-state index in [-0.39, 0.29) is 5.56 Å². The van der Waals surface area contributed by atoms with Crippen molar-refractivity contribution in [1.29, 1.82) is 0 Å². The van der Waals surface area contributed by atoms with Crippen molar-refractivity contribution in [2.24, 2.45) is 0 Å². The first-order valence-corrected chi connectivity index (χ1v) is 5.52. The summed E-state index contributed by atoms with van der Waals surface area (Å²) in [6.07, 6.45) is 0.748. The van der Waals surface area contributed by atoms with Crippen LogP contribution in [-0.2, 0) is 17.8 Å². The molecule has 0 bridgehead atoms. The Labute approximate surface area is 98.5 Å². The maximum absolute atomic E-state index is 11.8. The van der Waals surface area contributed by atoms with Crippen molar-refractivity contribution in [3.63, 3.8) is 0 Å². The van der Waals surface area contributed by atoms with Gasteiger partial charge in [-0.15, -0.1) is 0 Å². The number of carboxylic acid groups (broad SMARTS) is 1. The summed E-state index contributed by atoms with van der Waals surface area (Å²) in [6.45, 7) is 3.03. The van der Waals surface area contributed by atoms with Crippen LogP contribution in [0.15, 0.2) is 10.9 Å². The third-order valence-electron chi connectivity index (χ3n) is 3.02. The van der Waals surface area contributed by atoms with Crippen LogP contribution in [0, 0.1) is 0 Å². The molecule has 17 heavy (non-hydrogen) atoms. The summed E-state index contributed by atoms with van der Waals surface area (Å²) in [7, 11) is 1.98. The molecular formula is C11H15N3O3. The third-order valence-corrected chi connectivity index (χ3v) is 3.02. The Bertz CT molecular complexity index is 509. The standard InChI is InChI=1S/C11H15N3O3/c1-7(11(16)17)14-10(15)5-8-6-13(2)4-3-9(8)12-14/h5,7H,3-4,6H2,1-2H3,(H,16,17)/t7-/m0/s1. The van der Waals surface area contributed by atoms with Gasteiger partial charge in [0.25, 0.3) is 5.56 Å². The van der Waals surface area contributed by atoms with Crippen LogP contribution in [0.2, 0.25) is 0 Å². The van der Waals surface area contributed by atoms with E-state index in [2.05, 4.69) is 10.00 Å². The molecule has 2 heterocycles. The molecule has 1 aliphatic rings. The van der Waals surface area contributed by atoms with Crippen molar-refractivity contribution in [1.82, 2.24) is 14.7 Å². The fourth-order valence-electron chi connectivity index (χ4n) is 1.94. The average Bonchev–Trinajstić information content (AvgIpc) is 2.27. The largest absolute Gasteiger partial charge is 0.480 e. The third kappa shape index (κ3) is 2.21. The number of aromatic nitrogens is 2. The van der Waals surface area contributed by atoms with Crippen molar-refractivity contribution in [2.45, 2.75) is 25.9 Å². The number of carboxylic acids is 1. The van der Waals surface area contributed by atoms with Gasteiger partial charge in [0.15, 0.2) is 6.04 Å². The zero-order valence-corrected chi connectivity index (χ0v) is 9.88. The number of hydrogen-bond donors (Lipinski definition) is 1. The summed E-state index contributed by atoms with van der Waals surface area (Å²) in [6, 6.07) is 0.574. The smallest absolute Gasteiger partial charge is 0.328 e. The van der Waals surface area contributed by atoms with Crippen LogP contribution < -0.4 is 5.56 Å². The lowest BCUT2D eigenvalue weighted by atomic mass is 10.1. The predicted molar refractivity (Wildman–Crippen MR) is 60.9 cm³/mol. The highest BCUT2D eigenvalue weighted by Crippen LogP contribution is 2.14. The molecular weight excluding hydrogens is 222 g/mol. The van der Waals surface area contributed by atoms with Gasteiger partial charge >= 0.3 is 5.97 Å². The molecule has 1 aromatic heterocycles. The van der Waals surface area contributed by atoms with Crippen molar-refractivity contribution >= 4 is 5.97 Å². The molecule has 0 saturated carbocycles. The van der Waals surface area contributed by atoms with E-state index in [9.17, 15) is 9.59 Å². The van der Waals surface area contributed by atoms with E-state index in [1.807, 2.05) is 7.05 Å². The Morgan fingerprint density at radius 2 is 2.29 bits per heavy atom. The minimum Gasteiger partial charge on any atom is -0.480 e. The minimum atomic E-state index is -1.05. The lowest BCUT2D eigenvalue weighted by molar-refractivity contribution is -0.140. The second-order valence-corrected chi connectivity index (χ2v) is 4.40. The molecule has 6 nitrogen and oxygen atoms in total. The Hall–Kier alpha value is -1.69. The zero-order valence-electron chi connectivity index (χ0n) is 9.88. The van der Waals surface area contributed by atoms with E-state index in [4.69, 9.17) is 5.11 Å². The molecule has 1 N–H and O–H groups in total. The van der Waals surface area contributed by atoms with Crippen molar-refractivity contribution in [3.8, 4) is 0 Å². The summed E-state index contributed by atoms with van der Waals surface area (Å²) in [5.41, 5.74) is 1.38. The summed E-state index contributed by atoms with van der Waals surface area (Å²) in [4.78, 5) is 24.7. The SMILES string of the molecule is C[C@@H](C(=O)O)n1nc2c(cc1=O)CN(C)CC2. The monoisotopic (exact) mass is 237 g/mol. The molecule has 2 rings (SSSR count). The molecule has 92 valence electrons. The van der Waals surface area contributed by atoms with Crippen LogP contribution in [0.3, 0.4) is 0 Å². The molecule has 0 fully saturated rings. The van der Waals surface area contributed by atoms with Gasteiger partial charge in [-0.2, -0.15) is 5.10 Å². The first-order chi connectivity index (χ1) is 7.99. The van der Waals surface area contributed by atoms with Crippen molar-refractivity contribution < 1.29 is 9.90 Å². The van der Waals surface area contributed by atoms with E-state index < -0.39 is 12.0 Å². The van der Waals surface area contributed by atoms with Gasteiger partial charge in [0, 0.05) is 25.6 Å². The molecule has 6 heteroatoms. The highest BCUT2D eigenvalue weighted by molar-refractivity contribution is 5.71. The quantitative estimate of drug-likeness (QED) is 0.776. The van der Waals surface area contributed by atoms with Gasteiger partial charge < -0.3 is 10.0 Å². The number of carbonyl (C=O) groups is 1. The summed E-state index contributed by atoms with van der Waals surface area (Å²) in [5, 5.41) is 13.1. The number of rotatable bonds is 2. The van der Waals surface area contributed by atoms with Crippen LogP contribution >= 0.6 is 0 Å². The van der Waals surface area contributed by atoms with Gasteiger partial charge in [-0.3, -0.25) is 4.79 Å². The molecule has 0 unspecified atom stereocenters. The average molecular weight is 237 g/mol. The van der Waals surface area contributed by atoms with Gasteiger partial charge in [-0.05, 0) is 19.5 Å².